The zero-order chi connectivity index (χ0) is 25.9. The largest absolute Gasteiger partial charge is 0.427 e. The Morgan fingerprint density at radius 2 is 1.81 bits per heavy atom. The van der Waals surface area contributed by atoms with Gasteiger partial charge in [0.2, 0.25) is 5.91 Å². The summed E-state index contributed by atoms with van der Waals surface area (Å²) in [5, 5.41) is 5.23. The van der Waals surface area contributed by atoms with Gasteiger partial charge in [0.1, 0.15) is 17.4 Å². The van der Waals surface area contributed by atoms with Crippen molar-refractivity contribution in [3.8, 4) is 0 Å². The van der Waals surface area contributed by atoms with Crippen LogP contribution >= 0.6 is 0 Å². The molecular formula is C30H33N3O4. The highest BCUT2D eigenvalue weighted by Gasteiger charge is 2.35. The summed E-state index contributed by atoms with van der Waals surface area (Å²) in [5.74, 6) is -0.108. The monoisotopic (exact) mass is 499 g/mol. The lowest BCUT2D eigenvalue weighted by Crippen LogP contribution is -2.44. The Hall–Kier alpha value is -3.87. The Bertz CT molecular complexity index is 1520. The topological polar surface area (TPSA) is 84.5 Å². The number of carbonyl (C=O) groups excluding carboxylic acids is 2. The summed E-state index contributed by atoms with van der Waals surface area (Å²) in [6.45, 7) is 5.51. The highest BCUT2D eigenvalue weighted by atomic mass is 16.4. The molecule has 1 saturated heterocycles. The zero-order valence-electron chi connectivity index (χ0n) is 21.5. The third-order valence-electron chi connectivity index (χ3n) is 7.31. The minimum absolute atomic E-state index is 0.0206. The zero-order valence-corrected chi connectivity index (χ0v) is 21.5. The van der Waals surface area contributed by atoms with Gasteiger partial charge in [-0.1, -0.05) is 38.0 Å². The second-order valence-electron chi connectivity index (χ2n) is 9.70. The third-order valence-corrected chi connectivity index (χ3v) is 7.31. The summed E-state index contributed by atoms with van der Waals surface area (Å²) in [5.41, 5.74) is 2.30. The van der Waals surface area contributed by atoms with Crippen LogP contribution in [0.5, 0.6) is 0 Å². The van der Waals surface area contributed by atoms with E-state index in [2.05, 4.69) is 35.9 Å². The molecule has 1 N–H and O–H groups in total. The van der Waals surface area contributed by atoms with Crippen LogP contribution in [-0.2, 0) is 17.8 Å². The molecule has 5 rings (SSSR count). The lowest BCUT2D eigenvalue weighted by Gasteiger charge is -2.23. The van der Waals surface area contributed by atoms with E-state index in [0.29, 0.717) is 37.3 Å². The van der Waals surface area contributed by atoms with E-state index in [1.165, 1.54) is 4.90 Å². The predicted molar refractivity (Wildman–Crippen MR) is 146 cm³/mol. The van der Waals surface area contributed by atoms with Gasteiger partial charge in [-0.25, -0.2) is 4.79 Å². The molecule has 192 valence electrons. The smallest absolute Gasteiger partial charge is 0.348 e. The van der Waals surface area contributed by atoms with Crippen LogP contribution in [0.4, 0.5) is 5.69 Å². The van der Waals surface area contributed by atoms with Gasteiger partial charge in [0, 0.05) is 47.0 Å². The highest BCUT2D eigenvalue weighted by Crippen LogP contribution is 2.31. The quantitative estimate of drug-likeness (QED) is 0.313. The summed E-state index contributed by atoms with van der Waals surface area (Å²) in [6.07, 6.45) is 5.00. The van der Waals surface area contributed by atoms with Crippen molar-refractivity contribution in [2.75, 3.05) is 11.9 Å². The molecule has 7 heteroatoms. The first-order chi connectivity index (χ1) is 18.0. The highest BCUT2D eigenvalue weighted by molar-refractivity contribution is 6.10. The molecule has 2 aromatic carbocycles. The molecule has 0 radical (unpaired) electrons. The molecule has 0 spiro atoms. The number of aromatic nitrogens is 1. The van der Waals surface area contributed by atoms with E-state index in [1.54, 1.807) is 12.1 Å². The minimum atomic E-state index is -0.636. The second-order valence-corrected chi connectivity index (χ2v) is 9.70. The summed E-state index contributed by atoms with van der Waals surface area (Å²) >= 11 is 0. The Morgan fingerprint density at radius 1 is 1.00 bits per heavy atom. The van der Waals surface area contributed by atoms with Crippen LogP contribution in [0.3, 0.4) is 0 Å². The number of amides is 2. The van der Waals surface area contributed by atoms with Gasteiger partial charge in [0.25, 0.3) is 5.91 Å². The van der Waals surface area contributed by atoms with Crippen LogP contribution in [0.15, 0.2) is 63.8 Å². The first kappa shape index (κ1) is 24.8. The fourth-order valence-corrected chi connectivity index (χ4v) is 5.43. The lowest BCUT2D eigenvalue weighted by atomic mass is 10.1. The van der Waals surface area contributed by atoms with E-state index in [0.717, 1.165) is 47.6 Å². The average Bonchev–Trinajstić information content (AvgIpc) is 3.52. The summed E-state index contributed by atoms with van der Waals surface area (Å²) in [6, 6.07) is 16.8. The molecule has 1 fully saturated rings. The standard InChI is InChI=1S/C30H33N3O4/c1-3-5-6-10-21-15-16-23(30(36)37-21)29(35)33-18-9-13-27(33)28(34)31-20-14-17-26-24(19-20)22-11-7-8-12-25(22)32(26)4-2/h7-8,11-12,14-17,19,27H,3-6,9-10,13,18H2,1-2H3,(H,31,34). The number of benzene rings is 2. The number of unbranched alkanes of at least 4 members (excludes halogenated alkanes) is 2. The number of fused-ring (bicyclic) bond motifs is 3. The number of aryl methyl sites for hydroxylation is 2. The molecule has 37 heavy (non-hydrogen) atoms. The number of nitrogens with zero attached hydrogens (tertiary/aromatic N) is 2. The molecule has 0 bridgehead atoms. The van der Waals surface area contributed by atoms with Gasteiger partial charge in [-0.2, -0.15) is 0 Å². The van der Waals surface area contributed by atoms with Gasteiger partial charge in [-0.3, -0.25) is 9.59 Å². The van der Waals surface area contributed by atoms with Crippen molar-refractivity contribution in [1.29, 1.82) is 0 Å². The molecule has 0 saturated carbocycles. The van der Waals surface area contributed by atoms with Crippen molar-refractivity contribution in [2.24, 2.45) is 0 Å². The third kappa shape index (κ3) is 4.78. The minimum Gasteiger partial charge on any atom is -0.427 e. The van der Waals surface area contributed by atoms with Crippen LogP contribution in [-0.4, -0.2) is 33.9 Å². The summed E-state index contributed by atoms with van der Waals surface area (Å²) in [7, 11) is 0. The number of hydrogen-bond donors (Lipinski definition) is 1. The van der Waals surface area contributed by atoms with Crippen LogP contribution in [0.1, 0.15) is 62.1 Å². The number of hydrogen-bond acceptors (Lipinski definition) is 4. The van der Waals surface area contributed by atoms with Crippen molar-refractivity contribution < 1.29 is 14.0 Å². The van der Waals surface area contributed by atoms with E-state index in [1.807, 2.05) is 30.3 Å². The van der Waals surface area contributed by atoms with E-state index < -0.39 is 17.6 Å². The van der Waals surface area contributed by atoms with E-state index in [-0.39, 0.29) is 11.5 Å². The molecule has 1 aliphatic heterocycles. The summed E-state index contributed by atoms with van der Waals surface area (Å²) < 4.78 is 7.67. The number of para-hydroxylation sites is 1. The molecule has 2 aromatic heterocycles. The maximum Gasteiger partial charge on any atom is 0.348 e. The van der Waals surface area contributed by atoms with Gasteiger partial charge in [0.15, 0.2) is 0 Å². The van der Waals surface area contributed by atoms with E-state index in [9.17, 15) is 14.4 Å². The molecule has 4 aromatic rings. The molecule has 1 aliphatic rings. The van der Waals surface area contributed by atoms with Crippen LogP contribution in [0.2, 0.25) is 0 Å². The number of nitrogens with one attached hydrogen (secondary N) is 1. The van der Waals surface area contributed by atoms with Gasteiger partial charge in [-0.15, -0.1) is 0 Å². The SMILES string of the molecule is CCCCCc1ccc(C(=O)N2CCCC2C(=O)Nc2ccc3c(c2)c2ccccc2n3CC)c(=O)o1. The maximum absolute atomic E-state index is 13.3. The van der Waals surface area contributed by atoms with Crippen molar-refractivity contribution in [3.05, 3.63) is 76.3 Å². The summed E-state index contributed by atoms with van der Waals surface area (Å²) in [4.78, 5) is 40.6. The van der Waals surface area contributed by atoms with Gasteiger partial charge < -0.3 is 19.2 Å². The van der Waals surface area contributed by atoms with Crippen LogP contribution in [0, 0.1) is 0 Å². The van der Waals surface area contributed by atoms with Gasteiger partial charge in [-0.05, 0) is 62.6 Å². The first-order valence-electron chi connectivity index (χ1n) is 13.3. The van der Waals surface area contributed by atoms with Crippen molar-refractivity contribution in [2.45, 2.75) is 65.0 Å². The molecule has 3 heterocycles. The average molecular weight is 500 g/mol. The van der Waals surface area contributed by atoms with Crippen molar-refractivity contribution in [3.63, 3.8) is 0 Å². The number of anilines is 1. The normalized spacial score (nSPS) is 15.5. The number of carbonyl (C=O) groups is 2. The van der Waals surface area contributed by atoms with Gasteiger partial charge >= 0.3 is 5.63 Å². The predicted octanol–water partition coefficient (Wildman–Crippen LogP) is 5.74. The second kappa shape index (κ2) is 10.6. The van der Waals surface area contributed by atoms with E-state index in [4.69, 9.17) is 4.42 Å². The Kier molecular flexibility index (Phi) is 7.12. The number of likely N-dealkylation sites (tertiary alicyclic amines) is 1. The lowest BCUT2D eigenvalue weighted by molar-refractivity contribution is -0.119. The molecule has 1 unspecified atom stereocenters. The number of rotatable bonds is 8. The fourth-order valence-electron chi connectivity index (χ4n) is 5.43. The van der Waals surface area contributed by atoms with Crippen molar-refractivity contribution in [1.82, 2.24) is 9.47 Å². The molecule has 1 atom stereocenters. The van der Waals surface area contributed by atoms with E-state index >= 15 is 0 Å². The molecular weight excluding hydrogens is 466 g/mol. The molecule has 7 nitrogen and oxygen atoms in total. The fraction of sp³-hybridized carbons (Fsp3) is 0.367. The maximum atomic E-state index is 13.3. The molecule has 2 amide bonds. The first-order valence-corrected chi connectivity index (χ1v) is 13.3. The van der Waals surface area contributed by atoms with Crippen LogP contribution in [0.25, 0.3) is 21.8 Å². The Morgan fingerprint density at radius 3 is 2.59 bits per heavy atom. The Balaban J connectivity index is 1.34. The van der Waals surface area contributed by atoms with Crippen molar-refractivity contribution >= 4 is 39.3 Å². The Labute approximate surface area is 216 Å². The molecule has 0 aliphatic carbocycles. The van der Waals surface area contributed by atoms with Gasteiger partial charge in [0.05, 0.1) is 0 Å². The van der Waals surface area contributed by atoms with Crippen LogP contribution < -0.4 is 10.9 Å².